The maximum Gasteiger partial charge on any atom is 0.475 e. The van der Waals surface area contributed by atoms with Crippen molar-refractivity contribution in [1.82, 2.24) is 30.1 Å². The standard InChI is InChI=1S/C32H52BFN6O9S/c1-10-25(33(45)46)36-27(41)23-14-20(49-30(44)39-15-19-12-11-13-22(34)21(19)17-39)16-40(23)28(42)26(32(5,6)7)37-29(43)35-24(31(2,3)4)18-38(8)50(9,47)48/h11-13,20,23-26,45-46H,10,14-18H2,1-9H3,(H,36,41)(H2,35,37,43)/t20-,23+,24-,25+,26-/m1/s1. The predicted octanol–water partition coefficient (Wildman–Crippen LogP) is 1.17. The van der Waals surface area contributed by atoms with Crippen LogP contribution in [0.2, 0.25) is 0 Å². The molecule has 18 heteroatoms. The van der Waals surface area contributed by atoms with Gasteiger partial charge in [0.25, 0.3) is 0 Å². The molecule has 2 aliphatic heterocycles. The Hall–Kier alpha value is -3.48. The third-order valence-corrected chi connectivity index (χ3v) is 10.5. The second-order valence-electron chi connectivity index (χ2n) is 15.3. The monoisotopic (exact) mass is 726 g/mol. The number of halogens is 1. The van der Waals surface area contributed by atoms with Crippen LogP contribution in [0.15, 0.2) is 18.2 Å². The summed E-state index contributed by atoms with van der Waals surface area (Å²) < 4.78 is 45.4. The van der Waals surface area contributed by atoms with Gasteiger partial charge in [-0.15, -0.1) is 0 Å². The van der Waals surface area contributed by atoms with Gasteiger partial charge in [-0.3, -0.25) is 14.5 Å². The molecule has 1 saturated heterocycles. The van der Waals surface area contributed by atoms with Crippen molar-refractivity contribution in [3.05, 3.63) is 35.1 Å². The second-order valence-corrected chi connectivity index (χ2v) is 17.4. The van der Waals surface area contributed by atoms with Crippen molar-refractivity contribution in [2.75, 3.05) is 26.4 Å². The lowest BCUT2D eigenvalue weighted by Gasteiger charge is -2.37. The Labute approximate surface area is 294 Å². The van der Waals surface area contributed by atoms with E-state index in [1.165, 1.54) is 22.9 Å². The van der Waals surface area contributed by atoms with Gasteiger partial charge >= 0.3 is 19.2 Å². The van der Waals surface area contributed by atoms with Crippen LogP contribution in [0.1, 0.15) is 72.4 Å². The molecule has 2 aliphatic rings. The third kappa shape index (κ3) is 10.3. The molecule has 0 bridgehead atoms. The molecule has 280 valence electrons. The summed E-state index contributed by atoms with van der Waals surface area (Å²) >= 11 is 0. The zero-order chi connectivity index (χ0) is 37.9. The molecule has 2 heterocycles. The topological polar surface area (TPSA) is 198 Å². The number of urea groups is 1. The molecule has 5 atom stereocenters. The minimum absolute atomic E-state index is 0.00659. The lowest BCUT2D eigenvalue weighted by molar-refractivity contribution is -0.142. The molecule has 5 amide bonds. The lowest BCUT2D eigenvalue weighted by atomic mass is 9.77. The number of fused-ring (bicyclic) bond motifs is 1. The third-order valence-electron chi connectivity index (χ3n) is 9.17. The number of carbonyl (C=O) groups excluding carboxylic acids is 4. The summed E-state index contributed by atoms with van der Waals surface area (Å²) in [5.41, 5.74) is -0.455. The number of likely N-dealkylation sites (N-methyl/N-ethyl adjacent to an activating group) is 1. The van der Waals surface area contributed by atoms with Gasteiger partial charge in [0.2, 0.25) is 21.8 Å². The van der Waals surface area contributed by atoms with Crippen molar-refractivity contribution in [3.8, 4) is 0 Å². The Kier molecular flexibility index (Phi) is 13.0. The summed E-state index contributed by atoms with van der Waals surface area (Å²) in [6, 6.07) is 0.763. The number of likely N-dealkylation sites (tertiary alicyclic amines) is 1. The molecule has 1 aromatic rings. The number of benzene rings is 1. The van der Waals surface area contributed by atoms with E-state index in [1.807, 2.05) is 20.8 Å². The van der Waals surface area contributed by atoms with Crippen molar-refractivity contribution in [2.24, 2.45) is 10.8 Å². The van der Waals surface area contributed by atoms with Crippen LogP contribution >= 0.6 is 0 Å². The molecule has 0 saturated carbocycles. The Morgan fingerprint density at radius 2 is 1.70 bits per heavy atom. The van der Waals surface area contributed by atoms with Crippen LogP contribution < -0.4 is 16.0 Å². The summed E-state index contributed by atoms with van der Waals surface area (Å²) in [6.45, 7) is 12.2. The highest BCUT2D eigenvalue weighted by atomic mass is 32.2. The maximum atomic E-state index is 14.3. The SMILES string of the molecule is CC[C@H](NC(=O)[C@@H]1C[C@@H](OC(=O)N2Cc3cccc(F)c3C2)CN1C(=O)[C@@H](NC(=O)N[C@H](CN(C)S(C)(=O)=O)C(C)(C)C)C(C)(C)C)B(O)O. The van der Waals surface area contributed by atoms with Crippen molar-refractivity contribution in [1.29, 1.82) is 0 Å². The van der Waals surface area contributed by atoms with E-state index in [4.69, 9.17) is 4.74 Å². The highest BCUT2D eigenvalue weighted by molar-refractivity contribution is 7.88. The molecule has 0 aromatic heterocycles. The Morgan fingerprint density at radius 1 is 1.06 bits per heavy atom. The minimum Gasteiger partial charge on any atom is -0.444 e. The van der Waals surface area contributed by atoms with Gasteiger partial charge in [-0.2, -0.15) is 0 Å². The van der Waals surface area contributed by atoms with Crippen LogP contribution in [0.4, 0.5) is 14.0 Å². The molecule has 1 fully saturated rings. The molecule has 0 radical (unpaired) electrons. The molecule has 1 aromatic carbocycles. The number of hydrogen-bond acceptors (Lipinski definition) is 9. The van der Waals surface area contributed by atoms with Crippen molar-refractivity contribution in [3.63, 3.8) is 0 Å². The first kappa shape index (κ1) is 41.0. The highest BCUT2D eigenvalue weighted by Gasteiger charge is 2.47. The van der Waals surface area contributed by atoms with Crippen LogP contribution in [-0.4, -0.2) is 120 Å². The highest BCUT2D eigenvalue weighted by Crippen LogP contribution is 2.30. The smallest absolute Gasteiger partial charge is 0.444 e. The number of nitrogens with one attached hydrogen (secondary N) is 3. The van der Waals surface area contributed by atoms with E-state index in [0.717, 1.165) is 10.6 Å². The fourth-order valence-corrected chi connectivity index (χ4v) is 6.26. The first-order valence-electron chi connectivity index (χ1n) is 16.6. The van der Waals surface area contributed by atoms with Crippen molar-refractivity contribution >= 4 is 41.1 Å². The number of sulfonamides is 1. The number of amides is 5. The number of ether oxygens (including phenoxy) is 1. The lowest BCUT2D eigenvalue weighted by Crippen LogP contribution is -2.62. The predicted molar refractivity (Wildman–Crippen MR) is 184 cm³/mol. The van der Waals surface area contributed by atoms with E-state index < -0.39 is 87.9 Å². The molecule has 5 N–H and O–H groups in total. The number of nitrogens with zero attached hydrogens (tertiary/aromatic N) is 3. The van der Waals surface area contributed by atoms with E-state index in [2.05, 4.69) is 16.0 Å². The van der Waals surface area contributed by atoms with Crippen molar-refractivity contribution < 1.29 is 46.8 Å². The summed E-state index contributed by atoms with van der Waals surface area (Å²) in [6.07, 6.45) is -0.606. The zero-order valence-corrected chi connectivity index (χ0v) is 31.1. The van der Waals surface area contributed by atoms with Gasteiger partial charge in [0.1, 0.15) is 24.0 Å². The van der Waals surface area contributed by atoms with Crippen LogP contribution in [0.25, 0.3) is 0 Å². The van der Waals surface area contributed by atoms with Crippen LogP contribution in [-0.2, 0) is 37.4 Å². The maximum absolute atomic E-state index is 14.3. The van der Waals surface area contributed by atoms with E-state index in [-0.39, 0.29) is 39.0 Å². The minimum atomic E-state index is -3.55. The molecule has 0 spiro atoms. The zero-order valence-electron chi connectivity index (χ0n) is 30.3. The first-order valence-corrected chi connectivity index (χ1v) is 18.5. The van der Waals surface area contributed by atoms with E-state index >= 15 is 0 Å². The van der Waals surface area contributed by atoms with E-state index in [0.29, 0.717) is 11.1 Å². The number of rotatable bonds is 11. The average molecular weight is 727 g/mol. The van der Waals surface area contributed by atoms with E-state index in [1.54, 1.807) is 39.8 Å². The van der Waals surface area contributed by atoms with Crippen LogP contribution in [0.5, 0.6) is 0 Å². The molecule has 0 aliphatic carbocycles. The quantitative estimate of drug-likeness (QED) is 0.208. The van der Waals surface area contributed by atoms with E-state index in [9.17, 15) is 42.0 Å². The fraction of sp³-hybridized carbons (Fsp3) is 0.688. The summed E-state index contributed by atoms with van der Waals surface area (Å²) in [5, 5.41) is 27.6. The first-order chi connectivity index (χ1) is 22.9. The molecular weight excluding hydrogens is 674 g/mol. The Morgan fingerprint density at radius 3 is 2.22 bits per heavy atom. The normalized spacial score (nSPS) is 19.8. The largest absolute Gasteiger partial charge is 0.475 e. The fourth-order valence-electron chi connectivity index (χ4n) is 5.84. The van der Waals surface area contributed by atoms with Gasteiger partial charge < -0.3 is 35.6 Å². The molecule has 0 unspecified atom stereocenters. The van der Waals surface area contributed by atoms with Gasteiger partial charge in [-0.05, 0) is 28.9 Å². The van der Waals surface area contributed by atoms with Gasteiger partial charge in [-0.1, -0.05) is 60.6 Å². The molecule has 15 nitrogen and oxygen atoms in total. The van der Waals surface area contributed by atoms with Gasteiger partial charge in [0.05, 0.1) is 25.3 Å². The Balaban J connectivity index is 1.85. The summed E-state index contributed by atoms with van der Waals surface area (Å²) in [5.74, 6) is -2.84. The molecule has 3 rings (SSSR count). The number of hydrogen-bond donors (Lipinski definition) is 5. The average Bonchev–Trinajstić information content (AvgIpc) is 3.62. The summed E-state index contributed by atoms with van der Waals surface area (Å²) in [4.78, 5) is 57.1. The molecule has 50 heavy (non-hydrogen) atoms. The van der Waals surface area contributed by atoms with Gasteiger partial charge in [-0.25, -0.2) is 26.7 Å². The summed E-state index contributed by atoms with van der Waals surface area (Å²) in [7, 11) is -4.02. The van der Waals surface area contributed by atoms with Crippen molar-refractivity contribution in [2.45, 2.75) is 105 Å². The Bertz CT molecular complexity index is 1530. The van der Waals surface area contributed by atoms with Crippen LogP contribution in [0, 0.1) is 16.6 Å². The molecular formula is C32H52BFN6O9S. The second kappa shape index (κ2) is 15.8. The number of carbonyl (C=O) groups is 4. The van der Waals surface area contributed by atoms with Crippen LogP contribution in [0.3, 0.4) is 0 Å². The van der Waals surface area contributed by atoms with Gasteiger partial charge in [0.15, 0.2) is 0 Å². The van der Waals surface area contributed by atoms with Gasteiger partial charge in [0, 0.05) is 38.2 Å².